The van der Waals surface area contributed by atoms with E-state index in [1.165, 1.54) is 0 Å². The van der Waals surface area contributed by atoms with Crippen molar-refractivity contribution < 1.29 is 24.2 Å². The second kappa shape index (κ2) is 9.09. The van der Waals surface area contributed by atoms with E-state index in [-0.39, 0.29) is 25.5 Å². The SMILES string of the molecule is NC(=O)NCCC[C@@H](NC(=O)OCC1c2ccccc2-c2ccccc21)C(=O)O. The Labute approximate surface area is 168 Å². The van der Waals surface area contributed by atoms with E-state index < -0.39 is 24.1 Å². The van der Waals surface area contributed by atoms with Crippen molar-refractivity contribution in [2.24, 2.45) is 5.73 Å². The van der Waals surface area contributed by atoms with Crippen molar-refractivity contribution >= 4 is 18.1 Å². The first-order chi connectivity index (χ1) is 14.0. The smallest absolute Gasteiger partial charge is 0.407 e. The van der Waals surface area contributed by atoms with Crippen LogP contribution in [0.3, 0.4) is 0 Å². The summed E-state index contributed by atoms with van der Waals surface area (Å²) in [6, 6.07) is 14.1. The highest BCUT2D eigenvalue weighted by Gasteiger charge is 2.29. The quantitative estimate of drug-likeness (QED) is 0.508. The number of nitrogens with one attached hydrogen (secondary N) is 2. The Kier molecular flexibility index (Phi) is 6.33. The maximum atomic E-state index is 12.2. The summed E-state index contributed by atoms with van der Waals surface area (Å²) in [5, 5.41) is 14.0. The molecule has 1 atom stereocenters. The Morgan fingerprint density at radius 1 is 1.03 bits per heavy atom. The number of hydrogen-bond donors (Lipinski definition) is 4. The van der Waals surface area contributed by atoms with Gasteiger partial charge in [-0.2, -0.15) is 0 Å². The van der Waals surface area contributed by atoms with Gasteiger partial charge in [-0.1, -0.05) is 48.5 Å². The number of alkyl carbamates (subject to hydrolysis) is 1. The van der Waals surface area contributed by atoms with Crippen LogP contribution in [-0.2, 0) is 9.53 Å². The predicted molar refractivity (Wildman–Crippen MR) is 106 cm³/mol. The Bertz CT molecular complexity index is 869. The summed E-state index contributed by atoms with van der Waals surface area (Å²) in [6.07, 6.45) is -0.300. The van der Waals surface area contributed by atoms with E-state index in [4.69, 9.17) is 10.5 Å². The average Bonchev–Trinajstić information content (AvgIpc) is 3.02. The minimum atomic E-state index is -1.17. The molecular weight excluding hydrogens is 374 g/mol. The fourth-order valence-electron chi connectivity index (χ4n) is 3.56. The van der Waals surface area contributed by atoms with Gasteiger partial charge in [-0.05, 0) is 35.1 Å². The normalized spacial score (nSPS) is 13.1. The zero-order valence-electron chi connectivity index (χ0n) is 15.8. The molecule has 5 N–H and O–H groups in total. The van der Waals surface area contributed by atoms with Crippen molar-refractivity contribution in [3.8, 4) is 11.1 Å². The number of benzene rings is 2. The minimum Gasteiger partial charge on any atom is -0.480 e. The first-order valence-electron chi connectivity index (χ1n) is 9.35. The fourth-order valence-corrected chi connectivity index (χ4v) is 3.56. The van der Waals surface area contributed by atoms with Gasteiger partial charge in [0.15, 0.2) is 0 Å². The third-order valence-corrected chi connectivity index (χ3v) is 4.90. The lowest BCUT2D eigenvalue weighted by atomic mass is 9.98. The number of carboxylic acids is 1. The van der Waals surface area contributed by atoms with E-state index in [0.717, 1.165) is 22.3 Å². The maximum Gasteiger partial charge on any atom is 0.407 e. The van der Waals surface area contributed by atoms with Gasteiger partial charge in [0.25, 0.3) is 0 Å². The highest BCUT2D eigenvalue weighted by Crippen LogP contribution is 2.44. The number of amides is 3. The summed E-state index contributed by atoms with van der Waals surface area (Å²) in [6.45, 7) is 0.334. The lowest BCUT2D eigenvalue weighted by molar-refractivity contribution is -0.139. The molecule has 0 unspecified atom stereocenters. The van der Waals surface area contributed by atoms with Crippen LogP contribution in [-0.4, -0.2) is 42.4 Å². The standard InChI is InChI=1S/C21H23N3O5/c22-20(27)23-11-5-10-18(19(25)26)24-21(28)29-12-17-15-8-3-1-6-13(15)14-7-2-4-9-16(14)17/h1-4,6-9,17-18H,5,10-12H2,(H,24,28)(H,25,26)(H3,22,23,27)/t18-/m1/s1. The van der Waals surface area contributed by atoms with Crippen LogP contribution < -0.4 is 16.4 Å². The average molecular weight is 397 g/mol. The molecule has 0 saturated heterocycles. The number of ether oxygens (including phenoxy) is 1. The number of primary amides is 1. The number of aliphatic carboxylic acids is 1. The molecule has 2 aromatic rings. The molecule has 0 radical (unpaired) electrons. The topological polar surface area (TPSA) is 131 Å². The molecule has 2 aromatic carbocycles. The monoisotopic (exact) mass is 397 g/mol. The van der Waals surface area contributed by atoms with Crippen molar-refractivity contribution in [2.45, 2.75) is 24.8 Å². The highest BCUT2D eigenvalue weighted by atomic mass is 16.5. The Morgan fingerprint density at radius 3 is 2.17 bits per heavy atom. The van der Waals surface area contributed by atoms with Gasteiger partial charge in [-0.15, -0.1) is 0 Å². The summed E-state index contributed by atoms with van der Waals surface area (Å²) < 4.78 is 5.36. The summed E-state index contributed by atoms with van der Waals surface area (Å²) in [5.74, 6) is -1.27. The second-order valence-electron chi connectivity index (χ2n) is 6.79. The summed E-state index contributed by atoms with van der Waals surface area (Å²) in [7, 11) is 0. The van der Waals surface area contributed by atoms with Gasteiger partial charge < -0.3 is 26.2 Å². The van der Waals surface area contributed by atoms with Crippen LogP contribution in [0.1, 0.15) is 29.9 Å². The van der Waals surface area contributed by atoms with Crippen molar-refractivity contribution in [1.82, 2.24) is 10.6 Å². The minimum absolute atomic E-state index is 0.101. The first-order valence-corrected chi connectivity index (χ1v) is 9.35. The van der Waals surface area contributed by atoms with Crippen LogP contribution in [0.5, 0.6) is 0 Å². The first kappa shape index (κ1) is 20.2. The molecule has 0 bridgehead atoms. The van der Waals surface area contributed by atoms with Crippen molar-refractivity contribution in [2.75, 3.05) is 13.2 Å². The number of carbonyl (C=O) groups is 3. The molecule has 1 aliphatic carbocycles. The van der Waals surface area contributed by atoms with Gasteiger partial charge in [0, 0.05) is 12.5 Å². The van der Waals surface area contributed by atoms with E-state index in [1.54, 1.807) is 0 Å². The highest BCUT2D eigenvalue weighted by molar-refractivity contribution is 5.81. The molecule has 29 heavy (non-hydrogen) atoms. The zero-order chi connectivity index (χ0) is 20.8. The predicted octanol–water partition coefficient (Wildman–Crippen LogP) is 2.43. The molecule has 0 aliphatic heterocycles. The van der Waals surface area contributed by atoms with Gasteiger partial charge in [-0.25, -0.2) is 14.4 Å². The van der Waals surface area contributed by atoms with Crippen molar-refractivity contribution in [3.63, 3.8) is 0 Å². The van der Waals surface area contributed by atoms with Gasteiger partial charge in [-0.3, -0.25) is 0 Å². The van der Waals surface area contributed by atoms with Crippen molar-refractivity contribution in [1.29, 1.82) is 0 Å². The van der Waals surface area contributed by atoms with E-state index in [2.05, 4.69) is 10.6 Å². The van der Waals surface area contributed by atoms with Gasteiger partial charge >= 0.3 is 18.1 Å². The van der Waals surface area contributed by atoms with Crippen LogP contribution in [0, 0.1) is 0 Å². The maximum absolute atomic E-state index is 12.2. The fraction of sp³-hybridized carbons (Fsp3) is 0.286. The van der Waals surface area contributed by atoms with Crippen LogP contribution in [0.25, 0.3) is 11.1 Å². The number of carboxylic acid groups (broad SMARTS) is 1. The zero-order valence-corrected chi connectivity index (χ0v) is 15.8. The lowest BCUT2D eigenvalue weighted by Gasteiger charge is -2.17. The molecule has 0 spiro atoms. The number of carbonyl (C=O) groups excluding carboxylic acids is 2. The molecule has 0 saturated carbocycles. The van der Waals surface area contributed by atoms with Crippen LogP contribution in [0.4, 0.5) is 9.59 Å². The molecular formula is C21H23N3O5. The van der Waals surface area contributed by atoms with Crippen LogP contribution >= 0.6 is 0 Å². The molecule has 3 amide bonds. The van der Waals surface area contributed by atoms with E-state index in [1.807, 2.05) is 48.5 Å². The molecule has 8 nitrogen and oxygen atoms in total. The van der Waals surface area contributed by atoms with E-state index >= 15 is 0 Å². The lowest BCUT2D eigenvalue weighted by Crippen LogP contribution is -2.42. The number of fused-ring (bicyclic) bond motifs is 3. The Hall–Kier alpha value is -3.55. The van der Waals surface area contributed by atoms with E-state index in [9.17, 15) is 19.5 Å². The Morgan fingerprint density at radius 2 is 1.62 bits per heavy atom. The molecule has 0 aromatic heterocycles. The molecule has 3 rings (SSSR count). The number of hydrogen-bond acceptors (Lipinski definition) is 4. The molecule has 8 heteroatoms. The Balaban J connectivity index is 1.58. The van der Waals surface area contributed by atoms with Crippen LogP contribution in [0.15, 0.2) is 48.5 Å². The number of urea groups is 1. The molecule has 0 heterocycles. The summed E-state index contributed by atoms with van der Waals surface area (Å²) in [4.78, 5) is 34.2. The largest absolute Gasteiger partial charge is 0.480 e. The van der Waals surface area contributed by atoms with Gasteiger partial charge in [0.1, 0.15) is 12.6 Å². The van der Waals surface area contributed by atoms with Gasteiger partial charge in [0.2, 0.25) is 0 Å². The third kappa shape index (κ3) is 4.84. The summed E-state index contributed by atoms with van der Waals surface area (Å²) >= 11 is 0. The third-order valence-electron chi connectivity index (χ3n) is 4.90. The molecule has 1 aliphatic rings. The van der Waals surface area contributed by atoms with Gasteiger partial charge in [0.05, 0.1) is 0 Å². The van der Waals surface area contributed by atoms with Crippen molar-refractivity contribution in [3.05, 3.63) is 59.7 Å². The van der Waals surface area contributed by atoms with E-state index in [0.29, 0.717) is 6.42 Å². The molecule has 0 fully saturated rings. The number of nitrogens with two attached hydrogens (primary N) is 1. The number of rotatable bonds is 8. The van der Waals surface area contributed by atoms with Crippen LogP contribution in [0.2, 0.25) is 0 Å². The summed E-state index contributed by atoms with van der Waals surface area (Å²) in [5.41, 5.74) is 9.34. The molecule has 152 valence electrons. The second-order valence-corrected chi connectivity index (χ2v) is 6.79.